The van der Waals surface area contributed by atoms with E-state index in [4.69, 9.17) is 80.3 Å². The summed E-state index contributed by atoms with van der Waals surface area (Å²) < 4.78 is 22.4. The van der Waals surface area contributed by atoms with Crippen molar-refractivity contribution in [1.29, 1.82) is 5.41 Å². The second-order valence-electron chi connectivity index (χ2n) is 34.7. The first-order chi connectivity index (χ1) is 69.3. The maximum absolute atomic E-state index is 14.5. The molecule has 0 spiro atoms. The number of methoxy groups -OCH3 is 1. The topological polar surface area (TPSA) is 675 Å². The van der Waals surface area contributed by atoms with E-state index in [0.29, 0.717) is 120 Å². The zero-order valence-electron chi connectivity index (χ0n) is 80.4. The Bertz CT molecular complexity index is 6930. The van der Waals surface area contributed by atoms with Crippen LogP contribution in [0.2, 0.25) is 10.0 Å². The first-order valence-electron chi connectivity index (χ1n) is 46.6. The number of nitrogens with two attached hydrogens (primary N) is 3. The number of allylic oxidation sites excluding steroid dienone is 2. The van der Waals surface area contributed by atoms with E-state index in [-0.39, 0.29) is 157 Å². The Balaban J connectivity index is 0.633. The fourth-order valence-electron chi connectivity index (χ4n) is 17.5. The molecule has 9 heterocycles. The van der Waals surface area contributed by atoms with E-state index < -0.39 is 139 Å². The van der Waals surface area contributed by atoms with E-state index in [1.165, 1.54) is 30.0 Å². The number of halogens is 2. The number of benzene rings is 4. The van der Waals surface area contributed by atoms with Crippen molar-refractivity contribution in [3.63, 3.8) is 0 Å². The molecule has 0 radical (unpaired) electrons. The van der Waals surface area contributed by atoms with E-state index in [2.05, 4.69) is 67.9 Å². The summed E-state index contributed by atoms with van der Waals surface area (Å²) in [6, 6.07) is 12.1. The molecule has 10 amide bonds. The minimum atomic E-state index is -1.90. The predicted octanol–water partition coefficient (Wildman–Crippen LogP) is 5.27. The summed E-state index contributed by atoms with van der Waals surface area (Å²) in [4.78, 5) is 215. The smallest absolute Gasteiger partial charge is 0.305 e. The highest BCUT2D eigenvalue weighted by atomic mass is 35.5. The summed E-state index contributed by atoms with van der Waals surface area (Å²) in [6.45, 7) is 10.4. The number of amides is 10. The summed E-state index contributed by atoms with van der Waals surface area (Å²) in [5.74, 6) is -13.7. The number of nitrogens with one attached hydrogen (secondary N) is 10. The van der Waals surface area contributed by atoms with Gasteiger partial charge in [0.15, 0.2) is 23.4 Å². The Labute approximate surface area is 837 Å². The van der Waals surface area contributed by atoms with Crippen LogP contribution in [-0.2, 0) is 109 Å². The number of primary amides is 2. The summed E-state index contributed by atoms with van der Waals surface area (Å²) in [5, 5.41) is 80.5. The standard InChI is InChI=1S/C95H112Cl2N28O20/c1-8-124-68(38-49(3)116-124)83-104-46-56-55-40-51(81(98)135)42-70(144-7)79(55)122(84(56)114-83)33-10-11-34-123-80-61(113-95(123)115-91(141)69-39-50(4)117-125(69)9-2)41-52(82(99)136)43-71(80)145-37-17-30-102-87(137)62(44-75(131)132)112-89(139)60(25-26-74(129)130)111-88(138)59(22-14-29-103-94(100)101)110-90(140)63(45-76(133)134)105-72(126)23-15-31-120-35-27-66-64(47-120)106-85(118(66)5)92(142)108-57-20-12-18-53(77(57)96)54-19-13-21-58(78(54)97)109-93(143)86-107-65-48-121(32-16-24-73(127)128)36-28-67(65)119(86)6/h10-13,18-21,38-43,46,59-60,62-63H,8-9,14-17,22-37,44-45,47-48H2,1-7H3,(H2,98,135)(H2,99,136)(H,102,137)(H,105,126)(H,108,142)(H,109,143)(H,110,140)(H,111,138)(H,112,139)(H,127,128)(H,129,130)(H,131,132)(H,133,134)(H4,100,101,103)(H,113,115,141)/b11-10+/t59-,60-,62-,63-/m0/s1. The molecule has 50 heteroatoms. The van der Waals surface area contributed by atoms with E-state index in [1.54, 1.807) is 100 Å². The lowest BCUT2D eigenvalue weighted by molar-refractivity contribution is -0.142. The van der Waals surface area contributed by atoms with Gasteiger partial charge in [-0.05, 0) is 128 Å². The third-order valence-electron chi connectivity index (χ3n) is 24.5. The molecule has 0 saturated carbocycles. The van der Waals surface area contributed by atoms with Crippen molar-refractivity contribution in [2.24, 2.45) is 31.3 Å². The van der Waals surface area contributed by atoms with Crippen LogP contribution in [0.3, 0.4) is 0 Å². The van der Waals surface area contributed by atoms with Crippen molar-refractivity contribution in [2.75, 3.05) is 68.9 Å². The quantitative estimate of drug-likeness (QED) is 0.00998. The number of guanidine groups is 1. The van der Waals surface area contributed by atoms with Crippen LogP contribution < -0.4 is 74.5 Å². The number of hydrogen-bond acceptors (Lipinski definition) is 26. The first-order valence-corrected chi connectivity index (χ1v) is 47.4. The van der Waals surface area contributed by atoms with Gasteiger partial charge in [-0.15, -0.1) is 0 Å². The number of fused-ring (bicyclic) bond motifs is 6. The Kier molecular flexibility index (Phi) is 34.8. The molecule has 145 heavy (non-hydrogen) atoms. The lowest BCUT2D eigenvalue weighted by Gasteiger charge is -2.27. The van der Waals surface area contributed by atoms with E-state index in [9.17, 15) is 82.4 Å². The normalized spacial score (nSPS) is 13.4. The molecule has 4 aromatic carbocycles. The molecular formula is C95H112Cl2N28O20. The van der Waals surface area contributed by atoms with Gasteiger partial charge >= 0.3 is 23.9 Å². The minimum absolute atomic E-state index is 0.0119. The Morgan fingerprint density at radius 2 is 1.08 bits per heavy atom. The molecular weight excluding hydrogens is 1920 g/mol. The fraction of sp³-hybridized carbons (Fsp3) is 0.389. The van der Waals surface area contributed by atoms with Gasteiger partial charge in [0.1, 0.15) is 58.2 Å². The number of imidazole rings is 3. The number of rotatable bonds is 49. The maximum Gasteiger partial charge on any atom is 0.305 e. The van der Waals surface area contributed by atoms with Crippen LogP contribution in [0.1, 0.15) is 171 Å². The highest BCUT2D eigenvalue weighted by Gasteiger charge is 2.37. The molecule has 0 saturated heterocycles. The second-order valence-corrected chi connectivity index (χ2v) is 35.5. The molecule has 0 unspecified atom stereocenters. The van der Waals surface area contributed by atoms with Crippen LogP contribution in [0.5, 0.6) is 11.5 Å². The fourth-order valence-corrected chi connectivity index (χ4v) is 18.0. The van der Waals surface area contributed by atoms with Crippen LogP contribution in [0.4, 0.5) is 17.3 Å². The molecule has 48 nitrogen and oxygen atoms in total. The summed E-state index contributed by atoms with van der Waals surface area (Å²) >= 11 is 14.1. The second kappa shape index (κ2) is 47.6. The van der Waals surface area contributed by atoms with E-state index in [0.717, 1.165) is 22.8 Å². The Morgan fingerprint density at radius 1 is 0.545 bits per heavy atom. The minimum Gasteiger partial charge on any atom is -0.495 e. The number of ether oxygens (including phenoxy) is 2. The molecule has 2 aliphatic rings. The van der Waals surface area contributed by atoms with Crippen molar-refractivity contribution < 1.29 is 97.0 Å². The number of aryl methyl sites for hydroxylation is 4. The number of aromatic nitrogens is 13. The number of anilines is 3. The van der Waals surface area contributed by atoms with Gasteiger partial charge in [-0.1, -0.05) is 59.6 Å². The number of aliphatic carboxylic acids is 4. The van der Waals surface area contributed by atoms with Crippen molar-refractivity contribution in [3.8, 4) is 34.1 Å². The number of hydrogen-bond donors (Lipinski definition) is 17. The third kappa shape index (κ3) is 25.8. The van der Waals surface area contributed by atoms with Crippen LogP contribution in [0, 0.1) is 19.3 Å². The van der Waals surface area contributed by atoms with Crippen molar-refractivity contribution in [1.82, 2.24) is 104 Å². The monoisotopic (exact) mass is 2030 g/mol. The molecule has 4 atom stereocenters. The van der Waals surface area contributed by atoms with Crippen molar-refractivity contribution >= 4 is 162 Å². The van der Waals surface area contributed by atoms with Crippen molar-refractivity contribution in [3.05, 3.63) is 164 Å². The van der Waals surface area contributed by atoms with Gasteiger partial charge in [-0.3, -0.25) is 97.0 Å². The third-order valence-corrected chi connectivity index (χ3v) is 25.3. The van der Waals surface area contributed by atoms with Gasteiger partial charge in [-0.2, -0.15) is 10.2 Å². The molecule has 13 rings (SSSR count). The Morgan fingerprint density at radius 3 is 1.64 bits per heavy atom. The van der Waals surface area contributed by atoms with Crippen LogP contribution in [0.15, 0.2) is 91.1 Å². The van der Waals surface area contributed by atoms with Crippen LogP contribution >= 0.6 is 23.2 Å². The largest absolute Gasteiger partial charge is 0.495 e. The van der Waals surface area contributed by atoms with Gasteiger partial charge < -0.3 is 108 Å². The van der Waals surface area contributed by atoms with E-state index >= 15 is 0 Å². The Hall–Kier alpha value is -16.2. The summed E-state index contributed by atoms with van der Waals surface area (Å²) in [7, 11) is 4.90. The van der Waals surface area contributed by atoms with E-state index in [1.807, 2.05) is 42.4 Å². The highest BCUT2D eigenvalue weighted by molar-refractivity contribution is 6.40. The molecule has 20 N–H and O–H groups in total. The lowest BCUT2D eigenvalue weighted by Crippen LogP contribution is -2.58. The number of carbonyl (C=O) groups is 14. The average molecular weight is 2040 g/mol. The molecule has 0 aliphatic carbocycles. The lowest BCUT2D eigenvalue weighted by atomic mass is 10.0. The molecule has 766 valence electrons. The highest BCUT2D eigenvalue weighted by Crippen LogP contribution is 2.42. The molecule has 0 fully saturated rings. The SMILES string of the molecule is CCn1nc(C)cc1C(=O)Nc1nc2cc(C(N)=O)cc(OCCCNC(=O)[C@H](CC(=O)O)NC(=O)[C@H](CCC(=O)O)NC(=O)[C@H](CCCNC(=N)N)NC(=O)[C@H](CC(=O)O)NC(=O)CCCN3CCc4c(nc(C(=O)Nc5cccc(-c6cccc(NC(=O)c7nc8c(n7C)CCN(CCCC(=O)O)C8)c6Cl)c5Cl)n4C)C3)c2n1C/C=C/Cn1c2nc(-c3cc(C)nn3CC)ncc2c2cc(C(N)=O)cc(OC)c21. The van der Waals surface area contributed by atoms with Gasteiger partial charge in [0.2, 0.25) is 47.3 Å². The molecule has 0 bridgehead atoms. The maximum atomic E-state index is 14.5. The van der Waals surface area contributed by atoms with Gasteiger partial charge in [-0.25, -0.2) is 24.9 Å². The van der Waals surface area contributed by atoms with Crippen LogP contribution in [0.25, 0.3) is 55.6 Å². The van der Waals surface area contributed by atoms with Gasteiger partial charge in [0.05, 0.1) is 81.8 Å². The molecule has 2 aliphatic heterocycles. The first kappa shape index (κ1) is 106. The number of nitrogens with zero attached hydrogens (tertiary/aromatic N) is 15. The predicted molar refractivity (Wildman–Crippen MR) is 529 cm³/mol. The number of carbonyl (C=O) groups excluding carboxylic acids is 10. The average Bonchev–Trinajstić information content (AvgIpc) is 1.58. The zero-order valence-corrected chi connectivity index (χ0v) is 81.9. The zero-order chi connectivity index (χ0) is 104. The van der Waals surface area contributed by atoms with Gasteiger partial charge in [0.25, 0.3) is 17.7 Å². The summed E-state index contributed by atoms with van der Waals surface area (Å²) in [6.07, 6.45) is 2.79. The van der Waals surface area contributed by atoms with Crippen LogP contribution in [-0.4, -0.2) is 259 Å². The molecule has 7 aromatic heterocycles. The van der Waals surface area contributed by atoms with Gasteiger partial charge in [0, 0.05) is 162 Å². The number of carboxylic acid groups (broad SMARTS) is 4. The van der Waals surface area contributed by atoms with Crippen molar-refractivity contribution in [2.45, 2.75) is 175 Å². The molecule has 11 aromatic rings. The number of carboxylic acids is 4. The summed E-state index contributed by atoms with van der Waals surface area (Å²) in [5.41, 5.74) is 25.2.